The van der Waals surface area contributed by atoms with Crippen LogP contribution in [0.15, 0.2) is 40.9 Å². The van der Waals surface area contributed by atoms with Crippen molar-refractivity contribution in [2.45, 2.75) is 6.61 Å². The number of ether oxygens (including phenoxy) is 4. The molecule has 0 unspecified atom stereocenters. The highest BCUT2D eigenvalue weighted by Gasteiger charge is 2.14. The number of hydrogen-bond acceptors (Lipinski definition) is 4. The molecule has 0 radical (unpaired) electrons. The van der Waals surface area contributed by atoms with Gasteiger partial charge in [-0.1, -0.05) is 15.9 Å². The van der Waals surface area contributed by atoms with Crippen molar-refractivity contribution in [3.63, 3.8) is 0 Å². The van der Waals surface area contributed by atoms with Crippen molar-refractivity contribution in [3.8, 4) is 23.0 Å². The first kappa shape index (κ1) is 13.1. The third-order valence-corrected chi connectivity index (χ3v) is 3.47. The van der Waals surface area contributed by atoms with E-state index in [0.717, 1.165) is 27.3 Å². The van der Waals surface area contributed by atoms with E-state index in [2.05, 4.69) is 15.9 Å². The lowest BCUT2D eigenvalue weighted by Crippen LogP contribution is -1.98. The lowest BCUT2D eigenvalue weighted by atomic mass is 10.2. The van der Waals surface area contributed by atoms with Crippen molar-refractivity contribution < 1.29 is 18.9 Å². The number of methoxy groups -OCH3 is 1. The minimum Gasteiger partial charge on any atom is -0.496 e. The molecule has 0 saturated heterocycles. The van der Waals surface area contributed by atoms with Gasteiger partial charge in [-0.3, -0.25) is 0 Å². The van der Waals surface area contributed by atoms with E-state index in [1.807, 2.05) is 36.4 Å². The molecule has 0 amide bonds. The summed E-state index contributed by atoms with van der Waals surface area (Å²) in [4.78, 5) is 0. The van der Waals surface area contributed by atoms with Gasteiger partial charge in [0, 0.05) is 16.1 Å². The Labute approximate surface area is 125 Å². The summed E-state index contributed by atoms with van der Waals surface area (Å²) in [6, 6.07) is 11.3. The quantitative estimate of drug-likeness (QED) is 0.851. The fourth-order valence-electron chi connectivity index (χ4n) is 1.99. The second-order valence-corrected chi connectivity index (χ2v) is 5.18. The van der Waals surface area contributed by atoms with E-state index in [1.165, 1.54) is 0 Å². The maximum Gasteiger partial charge on any atom is 0.231 e. The summed E-state index contributed by atoms with van der Waals surface area (Å²) in [6.45, 7) is 0.681. The zero-order chi connectivity index (χ0) is 13.9. The van der Waals surface area contributed by atoms with Crippen LogP contribution in [-0.2, 0) is 6.61 Å². The van der Waals surface area contributed by atoms with Gasteiger partial charge in [0.25, 0.3) is 0 Å². The molecule has 0 bridgehead atoms. The Kier molecular flexibility index (Phi) is 3.69. The van der Waals surface area contributed by atoms with Crippen molar-refractivity contribution in [1.29, 1.82) is 0 Å². The van der Waals surface area contributed by atoms with E-state index in [4.69, 9.17) is 18.9 Å². The third-order valence-electron chi connectivity index (χ3n) is 2.98. The Bertz CT molecular complexity index is 627. The lowest BCUT2D eigenvalue weighted by Gasteiger charge is -2.11. The number of benzene rings is 2. The Morgan fingerprint density at radius 3 is 2.80 bits per heavy atom. The predicted octanol–water partition coefficient (Wildman–Crippen LogP) is 3.77. The van der Waals surface area contributed by atoms with Crippen LogP contribution in [0.25, 0.3) is 0 Å². The molecule has 1 aliphatic rings. The molecule has 0 aliphatic carbocycles. The minimum absolute atomic E-state index is 0.262. The number of halogens is 1. The van der Waals surface area contributed by atoms with Gasteiger partial charge in [-0.25, -0.2) is 0 Å². The highest BCUT2D eigenvalue weighted by Crippen LogP contribution is 2.35. The average Bonchev–Trinajstić information content (AvgIpc) is 2.92. The van der Waals surface area contributed by atoms with Gasteiger partial charge in [-0.05, 0) is 30.3 Å². The molecule has 2 aromatic rings. The Balaban J connectivity index is 1.75. The molecule has 0 fully saturated rings. The molecule has 5 heteroatoms. The molecule has 2 aromatic carbocycles. The molecular weight excluding hydrogens is 324 g/mol. The van der Waals surface area contributed by atoms with Gasteiger partial charge in [-0.15, -0.1) is 0 Å². The first-order valence-corrected chi connectivity index (χ1v) is 6.90. The molecule has 1 aliphatic heterocycles. The third kappa shape index (κ3) is 2.67. The van der Waals surface area contributed by atoms with Crippen molar-refractivity contribution >= 4 is 15.9 Å². The van der Waals surface area contributed by atoms with Gasteiger partial charge < -0.3 is 18.9 Å². The van der Waals surface area contributed by atoms with E-state index in [-0.39, 0.29) is 6.79 Å². The van der Waals surface area contributed by atoms with Gasteiger partial charge in [0.1, 0.15) is 18.1 Å². The first-order chi connectivity index (χ1) is 9.76. The lowest BCUT2D eigenvalue weighted by molar-refractivity contribution is 0.173. The zero-order valence-electron chi connectivity index (χ0n) is 10.9. The van der Waals surface area contributed by atoms with Crippen LogP contribution in [0, 0.1) is 0 Å². The number of hydrogen-bond donors (Lipinski definition) is 0. The second-order valence-electron chi connectivity index (χ2n) is 4.26. The molecule has 0 N–H and O–H groups in total. The first-order valence-electron chi connectivity index (χ1n) is 6.11. The van der Waals surface area contributed by atoms with Crippen LogP contribution in [0.2, 0.25) is 0 Å². The molecule has 3 rings (SSSR count). The largest absolute Gasteiger partial charge is 0.496 e. The molecule has 20 heavy (non-hydrogen) atoms. The zero-order valence-corrected chi connectivity index (χ0v) is 12.5. The average molecular weight is 337 g/mol. The molecule has 0 atom stereocenters. The molecular formula is C15H13BrO4. The summed E-state index contributed by atoms with van der Waals surface area (Å²) in [5.74, 6) is 2.99. The van der Waals surface area contributed by atoms with Crippen LogP contribution in [0.5, 0.6) is 23.0 Å². The van der Waals surface area contributed by atoms with Crippen molar-refractivity contribution in [3.05, 3.63) is 46.4 Å². The van der Waals surface area contributed by atoms with Crippen molar-refractivity contribution in [2.24, 2.45) is 0 Å². The summed E-state index contributed by atoms with van der Waals surface area (Å²) in [7, 11) is 1.65. The Morgan fingerprint density at radius 2 is 1.95 bits per heavy atom. The van der Waals surface area contributed by atoms with E-state index >= 15 is 0 Å². The number of fused-ring (bicyclic) bond motifs is 1. The minimum atomic E-state index is 0.262. The topological polar surface area (TPSA) is 36.9 Å². The van der Waals surface area contributed by atoms with Crippen LogP contribution in [-0.4, -0.2) is 13.9 Å². The predicted molar refractivity (Wildman–Crippen MR) is 77.6 cm³/mol. The van der Waals surface area contributed by atoms with Crippen molar-refractivity contribution in [2.75, 3.05) is 13.9 Å². The van der Waals surface area contributed by atoms with Gasteiger partial charge in [-0.2, -0.15) is 0 Å². The van der Waals surface area contributed by atoms with Crippen LogP contribution >= 0.6 is 15.9 Å². The summed E-state index contributed by atoms with van der Waals surface area (Å²) in [5, 5.41) is 0. The van der Waals surface area contributed by atoms with Crippen LogP contribution < -0.4 is 18.9 Å². The standard InChI is InChI=1S/C15H13BrO4/c1-17-13-4-2-11(16)6-10(13)8-18-12-3-5-14-15(7-12)20-9-19-14/h2-7H,8-9H2,1H3. The fraction of sp³-hybridized carbons (Fsp3) is 0.200. The van der Waals surface area contributed by atoms with Gasteiger partial charge in [0.05, 0.1) is 7.11 Å². The molecule has 104 valence electrons. The highest BCUT2D eigenvalue weighted by atomic mass is 79.9. The summed E-state index contributed by atoms with van der Waals surface area (Å²) >= 11 is 3.44. The second kappa shape index (κ2) is 5.63. The maximum absolute atomic E-state index is 5.78. The van der Waals surface area contributed by atoms with E-state index in [9.17, 15) is 0 Å². The van der Waals surface area contributed by atoms with E-state index in [1.54, 1.807) is 7.11 Å². The molecule has 1 heterocycles. The molecule has 0 spiro atoms. The monoisotopic (exact) mass is 336 g/mol. The van der Waals surface area contributed by atoms with Gasteiger partial charge in [0.15, 0.2) is 11.5 Å². The molecule has 4 nitrogen and oxygen atoms in total. The molecule has 0 aromatic heterocycles. The van der Waals surface area contributed by atoms with E-state index < -0.39 is 0 Å². The van der Waals surface area contributed by atoms with Gasteiger partial charge in [0.2, 0.25) is 6.79 Å². The van der Waals surface area contributed by atoms with Crippen LogP contribution in [0.4, 0.5) is 0 Å². The molecule has 0 saturated carbocycles. The maximum atomic E-state index is 5.78. The summed E-state index contributed by atoms with van der Waals surface area (Å²) in [6.07, 6.45) is 0. The van der Waals surface area contributed by atoms with E-state index in [0.29, 0.717) is 12.4 Å². The summed E-state index contributed by atoms with van der Waals surface area (Å²) < 4.78 is 22.7. The Hall–Kier alpha value is -1.88. The fourth-order valence-corrected chi connectivity index (χ4v) is 2.40. The highest BCUT2D eigenvalue weighted by molar-refractivity contribution is 9.10. The Morgan fingerprint density at radius 1 is 1.10 bits per heavy atom. The number of rotatable bonds is 4. The smallest absolute Gasteiger partial charge is 0.231 e. The normalized spacial score (nSPS) is 12.3. The summed E-state index contributed by atoms with van der Waals surface area (Å²) in [5.41, 5.74) is 0.972. The van der Waals surface area contributed by atoms with Gasteiger partial charge >= 0.3 is 0 Å². The SMILES string of the molecule is COc1ccc(Br)cc1COc1ccc2c(c1)OCO2. The van der Waals surface area contributed by atoms with Crippen LogP contribution in [0.3, 0.4) is 0 Å². The van der Waals surface area contributed by atoms with Crippen molar-refractivity contribution in [1.82, 2.24) is 0 Å². The van der Waals surface area contributed by atoms with Crippen LogP contribution in [0.1, 0.15) is 5.56 Å².